The Balaban J connectivity index is 1.56. The zero-order valence-corrected chi connectivity index (χ0v) is 16.8. The Bertz CT molecular complexity index is 830. The SMILES string of the molecule is CCCCc1ccc([C@H]2CC(c3cc4c(cc3C)OCO4)CN2CC=O)cc1. The van der Waals surface area contributed by atoms with Crippen LogP contribution < -0.4 is 9.47 Å². The monoisotopic (exact) mass is 379 g/mol. The highest BCUT2D eigenvalue weighted by atomic mass is 16.7. The molecular formula is C24H29NO3. The molecule has 28 heavy (non-hydrogen) atoms. The molecule has 0 saturated carbocycles. The van der Waals surface area contributed by atoms with E-state index in [9.17, 15) is 4.79 Å². The zero-order valence-electron chi connectivity index (χ0n) is 16.8. The number of aldehydes is 1. The molecule has 2 aromatic rings. The van der Waals surface area contributed by atoms with Gasteiger partial charge < -0.3 is 14.3 Å². The third-order valence-corrected chi connectivity index (χ3v) is 6.10. The second-order valence-electron chi connectivity index (χ2n) is 7.98. The lowest BCUT2D eigenvalue weighted by Gasteiger charge is -2.22. The van der Waals surface area contributed by atoms with Gasteiger partial charge in [-0.05, 0) is 66.5 Å². The molecule has 0 aliphatic carbocycles. The van der Waals surface area contributed by atoms with Crippen LogP contribution in [-0.2, 0) is 11.2 Å². The molecule has 0 bridgehead atoms. The number of likely N-dealkylation sites (tertiary alicyclic amines) is 1. The summed E-state index contributed by atoms with van der Waals surface area (Å²) >= 11 is 0. The number of carbonyl (C=O) groups is 1. The Labute approximate surface area is 167 Å². The van der Waals surface area contributed by atoms with Crippen LogP contribution in [0.25, 0.3) is 0 Å². The average Bonchev–Trinajstić information content (AvgIpc) is 3.33. The molecule has 2 atom stereocenters. The lowest BCUT2D eigenvalue weighted by atomic mass is 9.90. The summed E-state index contributed by atoms with van der Waals surface area (Å²) in [6.45, 7) is 6.02. The summed E-state index contributed by atoms with van der Waals surface area (Å²) < 4.78 is 11.1. The summed E-state index contributed by atoms with van der Waals surface area (Å²) in [5.41, 5.74) is 5.25. The van der Waals surface area contributed by atoms with Crippen molar-refractivity contribution >= 4 is 6.29 Å². The van der Waals surface area contributed by atoms with E-state index >= 15 is 0 Å². The van der Waals surface area contributed by atoms with Crippen molar-refractivity contribution < 1.29 is 14.3 Å². The standard InChI is InChI=1S/C24H29NO3/c1-3-4-5-18-6-8-19(9-7-18)22-13-20(15-25(22)10-11-26)21-14-24-23(12-17(21)2)27-16-28-24/h6-9,11-12,14,20,22H,3-5,10,13,15-16H2,1-2H3/t20?,22-/m1/s1. The number of fused-ring (bicyclic) bond motifs is 1. The number of hydrogen-bond donors (Lipinski definition) is 0. The van der Waals surface area contributed by atoms with E-state index in [-0.39, 0.29) is 6.04 Å². The number of carbonyl (C=O) groups excluding carboxylic acids is 1. The van der Waals surface area contributed by atoms with Crippen molar-refractivity contribution in [1.82, 2.24) is 4.90 Å². The summed E-state index contributed by atoms with van der Waals surface area (Å²) in [7, 11) is 0. The van der Waals surface area contributed by atoms with E-state index in [2.05, 4.69) is 55.1 Å². The third-order valence-electron chi connectivity index (χ3n) is 6.10. The van der Waals surface area contributed by atoms with Gasteiger partial charge in [-0.3, -0.25) is 4.90 Å². The molecule has 2 aromatic carbocycles. The highest BCUT2D eigenvalue weighted by Crippen LogP contribution is 2.44. The Hall–Kier alpha value is -2.33. The van der Waals surface area contributed by atoms with Gasteiger partial charge in [0, 0.05) is 12.6 Å². The fraction of sp³-hybridized carbons (Fsp3) is 0.458. The highest BCUT2D eigenvalue weighted by Gasteiger charge is 2.35. The van der Waals surface area contributed by atoms with Crippen LogP contribution >= 0.6 is 0 Å². The Morgan fingerprint density at radius 2 is 1.89 bits per heavy atom. The normalized spacial score (nSPS) is 21.2. The summed E-state index contributed by atoms with van der Waals surface area (Å²) in [6.07, 6.45) is 5.62. The molecule has 0 aromatic heterocycles. The second kappa shape index (κ2) is 8.36. The number of ether oxygens (including phenoxy) is 2. The van der Waals surface area contributed by atoms with E-state index in [1.165, 1.54) is 35.1 Å². The number of nitrogens with zero attached hydrogens (tertiary/aromatic N) is 1. The van der Waals surface area contributed by atoms with Crippen molar-refractivity contribution in [3.63, 3.8) is 0 Å². The molecule has 0 spiro atoms. The van der Waals surface area contributed by atoms with Crippen molar-refractivity contribution in [2.24, 2.45) is 0 Å². The van der Waals surface area contributed by atoms with Gasteiger partial charge in [0.2, 0.25) is 6.79 Å². The molecule has 148 valence electrons. The first-order valence-corrected chi connectivity index (χ1v) is 10.4. The molecule has 0 N–H and O–H groups in total. The van der Waals surface area contributed by atoms with Crippen molar-refractivity contribution in [2.75, 3.05) is 19.9 Å². The lowest BCUT2D eigenvalue weighted by molar-refractivity contribution is -0.109. The van der Waals surface area contributed by atoms with Crippen molar-refractivity contribution in [3.05, 3.63) is 58.7 Å². The van der Waals surface area contributed by atoms with Gasteiger partial charge in [0.05, 0.1) is 6.54 Å². The van der Waals surface area contributed by atoms with Crippen LogP contribution in [0.1, 0.15) is 60.4 Å². The molecule has 4 heteroatoms. The van der Waals surface area contributed by atoms with Gasteiger partial charge in [-0.2, -0.15) is 0 Å². The first-order valence-electron chi connectivity index (χ1n) is 10.4. The Morgan fingerprint density at radius 1 is 1.14 bits per heavy atom. The predicted octanol–water partition coefficient (Wildman–Crippen LogP) is 4.80. The minimum atomic E-state index is 0.278. The van der Waals surface area contributed by atoms with E-state index in [0.717, 1.165) is 37.2 Å². The van der Waals surface area contributed by atoms with E-state index in [4.69, 9.17) is 9.47 Å². The third kappa shape index (κ3) is 3.79. The molecule has 4 nitrogen and oxygen atoms in total. The molecule has 1 fully saturated rings. The first kappa shape index (κ1) is 19.0. The van der Waals surface area contributed by atoms with Gasteiger partial charge in [-0.25, -0.2) is 0 Å². The van der Waals surface area contributed by atoms with Crippen LogP contribution in [-0.4, -0.2) is 31.1 Å². The van der Waals surface area contributed by atoms with Gasteiger partial charge in [0.25, 0.3) is 0 Å². The number of aryl methyl sites for hydroxylation is 2. The topological polar surface area (TPSA) is 38.8 Å². The molecule has 2 heterocycles. The zero-order chi connectivity index (χ0) is 19.5. The molecule has 2 aliphatic heterocycles. The van der Waals surface area contributed by atoms with Crippen molar-refractivity contribution in [3.8, 4) is 11.5 Å². The molecule has 0 radical (unpaired) electrons. The minimum Gasteiger partial charge on any atom is -0.454 e. The van der Waals surface area contributed by atoms with E-state index in [1.54, 1.807) is 0 Å². The van der Waals surface area contributed by atoms with E-state index < -0.39 is 0 Å². The van der Waals surface area contributed by atoms with Crippen LogP contribution in [0.15, 0.2) is 36.4 Å². The predicted molar refractivity (Wildman–Crippen MR) is 110 cm³/mol. The maximum absolute atomic E-state index is 11.3. The van der Waals surface area contributed by atoms with Crippen LogP contribution in [0.4, 0.5) is 0 Å². The van der Waals surface area contributed by atoms with Crippen LogP contribution in [0, 0.1) is 6.92 Å². The highest BCUT2D eigenvalue weighted by molar-refractivity contribution is 5.53. The maximum atomic E-state index is 11.3. The summed E-state index contributed by atoms with van der Waals surface area (Å²) in [5, 5.41) is 0. The van der Waals surface area contributed by atoms with Crippen LogP contribution in [0.2, 0.25) is 0 Å². The number of benzene rings is 2. The quantitative estimate of drug-likeness (QED) is 0.648. The van der Waals surface area contributed by atoms with E-state index in [1.807, 2.05) is 0 Å². The minimum absolute atomic E-state index is 0.278. The number of rotatable bonds is 7. The van der Waals surface area contributed by atoms with Crippen molar-refractivity contribution in [2.45, 2.75) is 51.5 Å². The fourth-order valence-corrected chi connectivity index (χ4v) is 4.56. The molecule has 1 unspecified atom stereocenters. The molecule has 0 amide bonds. The molecular weight excluding hydrogens is 350 g/mol. The van der Waals surface area contributed by atoms with Crippen molar-refractivity contribution in [1.29, 1.82) is 0 Å². The number of hydrogen-bond acceptors (Lipinski definition) is 4. The lowest BCUT2D eigenvalue weighted by Crippen LogP contribution is -2.25. The largest absolute Gasteiger partial charge is 0.454 e. The second-order valence-corrected chi connectivity index (χ2v) is 7.98. The van der Waals surface area contributed by atoms with Gasteiger partial charge in [-0.15, -0.1) is 0 Å². The summed E-state index contributed by atoms with van der Waals surface area (Å²) in [5.74, 6) is 2.06. The maximum Gasteiger partial charge on any atom is 0.231 e. The van der Waals surface area contributed by atoms with Gasteiger partial charge in [-0.1, -0.05) is 37.6 Å². The van der Waals surface area contributed by atoms with Crippen LogP contribution in [0.3, 0.4) is 0 Å². The smallest absolute Gasteiger partial charge is 0.231 e. The first-order chi connectivity index (χ1) is 13.7. The van der Waals surface area contributed by atoms with Gasteiger partial charge in [0.1, 0.15) is 6.29 Å². The molecule has 1 saturated heterocycles. The van der Waals surface area contributed by atoms with E-state index in [0.29, 0.717) is 19.3 Å². The molecule has 4 rings (SSSR count). The van der Waals surface area contributed by atoms with Crippen LogP contribution in [0.5, 0.6) is 11.5 Å². The van der Waals surface area contributed by atoms with Gasteiger partial charge in [0.15, 0.2) is 11.5 Å². The average molecular weight is 380 g/mol. The number of unbranched alkanes of at least 4 members (excludes halogenated alkanes) is 1. The Morgan fingerprint density at radius 3 is 2.61 bits per heavy atom. The summed E-state index contributed by atoms with van der Waals surface area (Å²) in [4.78, 5) is 13.6. The Kier molecular flexibility index (Phi) is 5.67. The van der Waals surface area contributed by atoms with Gasteiger partial charge >= 0.3 is 0 Å². The fourth-order valence-electron chi connectivity index (χ4n) is 4.56. The summed E-state index contributed by atoms with van der Waals surface area (Å²) in [6, 6.07) is 13.5. The molecule has 2 aliphatic rings.